The molecule has 0 saturated heterocycles. The lowest BCUT2D eigenvalue weighted by Gasteiger charge is -2.12. The molecule has 2 rings (SSSR count). The predicted octanol–water partition coefficient (Wildman–Crippen LogP) is 3.58. The van der Waals surface area contributed by atoms with Gasteiger partial charge in [-0.15, -0.1) is 0 Å². The van der Waals surface area contributed by atoms with Crippen LogP contribution in [-0.4, -0.2) is 27.3 Å². The van der Waals surface area contributed by atoms with Gasteiger partial charge in [0.15, 0.2) is 0 Å². The number of phenols is 1. The number of aromatic carboxylic acids is 2. The quantitative estimate of drug-likeness (QED) is 0.802. The maximum Gasteiger partial charge on any atom is 0.339 e. The number of benzene rings is 2. The highest BCUT2D eigenvalue weighted by molar-refractivity contribution is 5.94. The summed E-state index contributed by atoms with van der Waals surface area (Å²) in [5, 5.41) is 27.9. The fourth-order valence-electron chi connectivity index (χ4n) is 2.31. The first kappa shape index (κ1) is 15.6. The van der Waals surface area contributed by atoms with E-state index in [4.69, 9.17) is 5.11 Å². The normalized spacial score (nSPS) is 10.7. The lowest BCUT2D eigenvalue weighted by atomic mass is 9.92. The van der Waals surface area contributed by atoms with E-state index in [1.807, 2.05) is 13.8 Å². The van der Waals surface area contributed by atoms with E-state index in [0.717, 1.165) is 0 Å². The SMILES string of the molecule is CC(C)c1ccc(-c2ccc(O)c(C(=O)O)c2)cc1C(=O)O. The molecule has 2 aromatic rings. The second-order valence-electron chi connectivity index (χ2n) is 5.30. The van der Waals surface area contributed by atoms with Crippen LogP contribution in [0.15, 0.2) is 36.4 Å². The number of carboxylic acids is 2. The summed E-state index contributed by atoms with van der Waals surface area (Å²) in [6.07, 6.45) is 0. The van der Waals surface area contributed by atoms with Crippen LogP contribution in [0.1, 0.15) is 46.0 Å². The van der Waals surface area contributed by atoms with Crippen molar-refractivity contribution >= 4 is 11.9 Å². The number of rotatable bonds is 4. The van der Waals surface area contributed by atoms with Gasteiger partial charge in [-0.2, -0.15) is 0 Å². The van der Waals surface area contributed by atoms with Gasteiger partial charge in [0.1, 0.15) is 11.3 Å². The molecule has 5 nitrogen and oxygen atoms in total. The third kappa shape index (κ3) is 2.93. The fourth-order valence-corrected chi connectivity index (χ4v) is 2.31. The molecule has 22 heavy (non-hydrogen) atoms. The number of carboxylic acid groups (broad SMARTS) is 2. The van der Waals surface area contributed by atoms with E-state index < -0.39 is 11.9 Å². The highest BCUT2D eigenvalue weighted by Crippen LogP contribution is 2.29. The second-order valence-corrected chi connectivity index (χ2v) is 5.30. The van der Waals surface area contributed by atoms with Crippen LogP contribution >= 0.6 is 0 Å². The van der Waals surface area contributed by atoms with E-state index in [1.165, 1.54) is 18.2 Å². The number of aromatic hydroxyl groups is 1. The summed E-state index contributed by atoms with van der Waals surface area (Å²) < 4.78 is 0. The van der Waals surface area contributed by atoms with E-state index in [-0.39, 0.29) is 22.8 Å². The Balaban J connectivity index is 2.59. The molecule has 2 aromatic carbocycles. The molecule has 0 aliphatic rings. The van der Waals surface area contributed by atoms with Crippen LogP contribution in [-0.2, 0) is 0 Å². The summed E-state index contributed by atoms with van der Waals surface area (Å²) in [4.78, 5) is 22.5. The molecule has 0 amide bonds. The van der Waals surface area contributed by atoms with Crippen molar-refractivity contribution in [3.05, 3.63) is 53.1 Å². The Morgan fingerprint density at radius 1 is 0.864 bits per heavy atom. The molecule has 5 heteroatoms. The first-order chi connectivity index (χ1) is 10.3. The van der Waals surface area contributed by atoms with Crippen molar-refractivity contribution in [1.29, 1.82) is 0 Å². The van der Waals surface area contributed by atoms with Crippen LogP contribution in [0, 0.1) is 0 Å². The molecule has 0 aliphatic heterocycles. The lowest BCUT2D eigenvalue weighted by Crippen LogP contribution is -2.04. The van der Waals surface area contributed by atoms with Crippen LogP contribution in [0.4, 0.5) is 0 Å². The number of carbonyl (C=O) groups is 2. The standard InChI is InChI=1S/C17H16O5/c1-9(2)12-5-3-10(7-13(12)16(19)20)11-4-6-15(18)14(8-11)17(21)22/h3-9,18H,1-2H3,(H,19,20)(H,21,22). The molecule has 0 unspecified atom stereocenters. The zero-order chi connectivity index (χ0) is 16.4. The second kappa shape index (κ2) is 5.89. The van der Waals surface area contributed by atoms with Gasteiger partial charge in [-0.05, 0) is 40.8 Å². The zero-order valence-electron chi connectivity index (χ0n) is 12.2. The number of hydrogen-bond acceptors (Lipinski definition) is 3. The molecule has 0 saturated carbocycles. The Morgan fingerprint density at radius 2 is 1.36 bits per heavy atom. The number of hydrogen-bond donors (Lipinski definition) is 3. The molecule has 0 aliphatic carbocycles. The molecule has 114 valence electrons. The molecule has 0 spiro atoms. The summed E-state index contributed by atoms with van der Waals surface area (Å²) in [5.41, 5.74) is 1.81. The van der Waals surface area contributed by atoms with E-state index in [9.17, 15) is 19.8 Å². The molecular formula is C17H16O5. The van der Waals surface area contributed by atoms with E-state index in [1.54, 1.807) is 18.2 Å². The van der Waals surface area contributed by atoms with Gasteiger partial charge in [-0.25, -0.2) is 9.59 Å². The zero-order valence-corrected chi connectivity index (χ0v) is 12.2. The summed E-state index contributed by atoms with van der Waals surface area (Å²) in [5.74, 6) is -2.53. The van der Waals surface area contributed by atoms with Crippen LogP contribution in [0.2, 0.25) is 0 Å². The minimum Gasteiger partial charge on any atom is -0.507 e. The van der Waals surface area contributed by atoms with Crippen molar-refractivity contribution in [2.24, 2.45) is 0 Å². The molecular weight excluding hydrogens is 284 g/mol. The van der Waals surface area contributed by atoms with E-state index in [2.05, 4.69) is 0 Å². The fraction of sp³-hybridized carbons (Fsp3) is 0.176. The Hall–Kier alpha value is -2.82. The van der Waals surface area contributed by atoms with E-state index >= 15 is 0 Å². The van der Waals surface area contributed by atoms with Gasteiger partial charge in [0.2, 0.25) is 0 Å². The van der Waals surface area contributed by atoms with Gasteiger partial charge in [0, 0.05) is 0 Å². The molecule has 0 heterocycles. The maximum atomic E-state index is 11.4. The average molecular weight is 300 g/mol. The van der Waals surface area contributed by atoms with Crippen LogP contribution in [0.25, 0.3) is 11.1 Å². The minimum atomic E-state index is -1.24. The van der Waals surface area contributed by atoms with Gasteiger partial charge >= 0.3 is 11.9 Å². The molecule has 0 atom stereocenters. The highest BCUT2D eigenvalue weighted by atomic mass is 16.4. The molecule has 0 radical (unpaired) electrons. The van der Waals surface area contributed by atoms with Crippen molar-refractivity contribution in [2.45, 2.75) is 19.8 Å². The summed E-state index contributed by atoms with van der Waals surface area (Å²) >= 11 is 0. The average Bonchev–Trinajstić information content (AvgIpc) is 2.46. The smallest absolute Gasteiger partial charge is 0.339 e. The lowest BCUT2D eigenvalue weighted by molar-refractivity contribution is 0.0683. The molecule has 0 bridgehead atoms. The molecule has 0 fully saturated rings. The summed E-state index contributed by atoms with van der Waals surface area (Å²) in [6.45, 7) is 3.81. The Morgan fingerprint density at radius 3 is 1.86 bits per heavy atom. The van der Waals surface area contributed by atoms with Crippen molar-refractivity contribution in [2.75, 3.05) is 0 Å². The topological polar surface area (TPSA) is 94.8 Å². The monoisotopic (exact) mass is 300 g/mol. The predicted molar refractivity (Wildman–Crippen MR) is 81.6 cm³/mol. The maximum absolute atomic E-state index is 11.4. The van der Waals surface area contributed by atoms with Crippen molar-refractivity contribution in [3.63, 3.8) is 0 Å². The Kier molecular flexibility index (Phi) is 4.17. The Labute approximate surface area is 127 Å². The third-order valence-corrected chi connectivity index (χ3v) is 3.47. The Bertz CT molecular complexity index is 747. The largest absolute Gasteiger partial charge is 0.507 e. The molecule has 3 N–H and O–H groups in total. The van der Waals surface area contributed by atoms with Gasteiger partial charge in [-0.1, -0.05) is 32.0 Å². The summed E-state index contributed by atoms with van der Waals surface area (Å²) in [6, 6.07) is 9.17. The van der Waals surface area contributed by atoms with Gasteiger partial charge < -0.3 is 15.3 Å². The van der Waals surface area contributed by atoms with Gasteiger partial charge in [-0.3, -0.25) is 0 Å². The van der Waals surface area contributed by atoms with Crippen molar-refractivity contribution in [1.82, 2.24) is 0 Å². The summed E-state index contributed by atoms with van der Waals surface area (Å²) in [7, 11) is 0. The van der Waals surface area contributed by atoms with Gasteiger partial charge in [0.25, 0.3) is 0 Å². The van der Waals surface area contributed by atoms with Crippen molar-refractivity contribution < 1.29 is 24.9 Å². The van der Waals surface area contributed by atoms with Gasteiger partial charge in [0.05, 0.1) is 5.56 Å². The first-order valence-electron chi connectivity index (χ1n) is 6.75. The van der Waals surface area contributed by atoms with Crippen LogP contribution in [0.3, 0.4) is 0 Å². The highest BCUT2D eigenvalue weighted by Gasteiger charge is 2.16. The minimum absolute atomic E-state index is 0.0644. The van der Waals surface area contributed by atoms with Crippen LogP contribution in [0.5, 0.6) is 5.75 Å². The molecule has 0 aromatic heterocycles. The third-order valence-electron chi connectivity index (χ3n) is 3.47. The first-order valence-corrected chi connectivity index (χ1v) is 6.75. The van der Waals surface area contributed by atoms with Crippen LogP contribution < -0.4 is 0 Å². The van der Waals surface area contributed by atoms with E-state index in [0.29, 0.717) is 16.7 Å². The van der Waals surface area contributed by atoms with Crippen molar-refractivity contribution in [3.8, 4) is 16.9 Å².